The summed E-state index contributed by atoms with van der Waals surface area (Å²) in [5.74, 6) is 0.178. The summed E-state index contributed by atoms with van der Waals surface area (Å²) in [6.07, 6.45) is 4.62. The highest BCUT2D eigenvalue weighted by molar-refractivity contribution is 6.06. The van der Waals surface area contributed by atoms with E-state index >= 15 is 0 Å². The van der Waals surface area contributed by atoms with Crippen molar-refractivity contribution in [1.82, 2.24) is 14.4 Å². The van der Waals surface area contributed by atoms with Gasteiger partial charge in [-0.2, -0.15) is 5.26 Å². The largest absolute Gasteiger partial charge is 0.453 e. The van der Waals surface area contributed by atoms with Gasteiger partial charge in [0.2, 0.25) is 0 Å². The van der Waals surface area contributed by atoms with Crippen molar-refractivity contribution in [2.24, 2.45) is 0 Å². The predicted octanol–water partition coefficient (Wildman–Crippen LogP) is 4.34. The third kappa shape index (κ3) is 4.17. The molecule has 0 saturated heterocycles. The van der Waals surface area contributed by atoms with Crippen molar-refractivity contribution in [2.75, 3.05) is 24.4 Å². The number of nitrogens with zero attached hydrogens (tertiary/aromatic N) is 5. The first-order valence-electron chi connectivity index (χ1n) is 10.4. The SMILES string of the molecule is COC(=O)Nc1ccc(-c2cnc3c(C)cc(N(C)C(=O)c4ccc(C#N)c(C)c4)cn23)cn1. The quantitative estimate of drug-likeness (QED) is 0.491. The maximum absolute atomic E-state index is 13.2. The second-order valence-corrected chi connectivity index (χ2v) is 7.77. The van der Waals surface area contributed by atoms with Gasteiger partial charge < -0.3 is 9.64 Å². The molecule has 34 heavy (non-hydrogen) atoms. The van der Waals surface area contributed by atoms with E-state index in [-0.39, 0.29) is 5.91 Å². The maximum atomic E-state index is 13.2. The van der Waals surface area contributed by atoms with E-state index in [0.717, 1.165) is 28.0 Å². The third-order valence-electron chi connectivity index (χ3n) is 5.54. The van der Waals surface area contributed by atoms with Gasteiger partial charge in [-0.1, -0.05) is 0 Å². The Labute approximate surface area is 196 Å². The highest BCUT2D eigenvalue weighted by Gasteiger charge is 2.18. The molecule has 4 aromatic rings. The van der Waals surface area contributed by atoms with E-state index in [9.17, 15) is 9.59 Å². The van der Waals surface area contributed by atoms with Crippen molar-refractivity contribution < 1.29 is 14.3 Å². The summed E-state index contributed by atoms with van der Waals surface area (Å²) in [6, 6.07) is 12.6. The molecule has 0 saturated carbocycles. The number of imidazole rings is 1. The number of hydrogen-bond donors (Lipinski definition) is 1. The topological polar surface area (TPSA) is 113 Å². The standard InChI is InChI=1S/C25H22N6O3/c1-15-9-17(5-6-18(15)11-26)24(32)30(3)20-10-16(2)23-28-13-21(31(23)14-20)19-7-8-22(27-12-19)29-25(33)34-4/h5-10,12-14H,1-4H3,(H,27,29,33). The molecule has 2 amide bonds. The van der Waals surface area contributed by atoms with Crippen LogP contribution in [0.1, 0.15) is 27.0 Å². The Bertz CT molecular complexity index is 1450. The monoisotopic (exact) mass is 454 g/mol. The Morgan fingerprint density at radius 3 is 2.53 bits per heavy atom. The zero-order chi connectivity index (χ0) is 24.4. The second kappa shape index (κ2) is 9.03. The highest BCUT2D eigenvalue weighted by atomic mass is 16.5. The molecule has 3 heterocycles. The number of aromatic nitrogens is 3. The molecule has 4 rings (SSSR count). The van der Waals surface area contributed by atoms with E-state index < -0.39 is 6.09 Å². The molecule has 0 aliphatic carbocycles. The molecule has 0 atom stereocenters. The lowest BCUT2D eigenvalue weighted by Gasteiger charge is -2.19. The van der Waals surface area contributed by atoms with Crippen LogP contribution in [0.2, 0.25) is 0 Å². The fourth-order valence-corrected chi connectivity index (χ4v) is 3.64. The molecular formula is C25H22N6O3. The lowest BCUT2D eigenvalue weighted by molar-refractivity contribution is 0.0992. The molecular weight excluding hydrogens is 432 g/mol. The van der Waals surface area contributed by atoms with E-state index in [1.807, 2.05) is 36.6 Å². The lowest BCUT2D eigenvalue weighted by Crippen LogP contribution is -2.26. The number of carbonyl (C=O) groups is 2. The Kier molecular flexibility index (Phi) is 5.97. The Hall–Kier alpha value is -4.71. The van der Waals surface area contributed by atoms with Gasteiger partial charge in [0.1, 0.15) is 11.5 Å². The smallest absolute Gasteiger partial charge is 0.412 e. The van der Waals surface area contributed by atoms with Crippen LogP contribution in [0.4, 0.5) is 16.3 Å². The van der Waals surface area contributed by atoms with Crippen LogP contribution >= 0.6 is 0 Å². The number of hydrogen-bond acceptors (Lipinski definition) is 6. The summed E-state index contributed by atoms with van der Waals surface area (Å²) in [5, 5.41) is 11.7. The molecule has 0 aliphatic heterocycles. The maximum Gasteiger partial charge on any atom is 0.412 e. The van der Waals surface area contributed by atoms with Crippen LogP contribution in [0, 0.1) is 25.2 Å². The zero-order valence-corrected chi connectivity index (χ0v) is 19.2. The fourth-order valence-electron chi connectivity index (χ4n) is 3.64. The van der Waals surface area contributed by atoms with E-state index in [4.69, 9.17) is 5.26 Å². The predicted molar refractivity (Wildman–Crippen MR) is 128 cm³/mol. The number of fused-ring (bicyclic) bond motifs is 1. The van der Waals surface area contributed by atoms with Crippen LogP contribution in [0.3, 0.4) is 0 Å². The normalized spacial score (nSPS) is 10.6. The van der Waals surface area contributed by atoms with E-state index in [2.05, 4.69) is 26.1 Å². The van der Waals surface area contributed by atoms with Crippen LogP contribution in [0.15, 0.2) is 55.0 Å². The Morgan fingerprint density at radius 1 is 1.09 bits per heavy atom. The molecule has 0 radical (unpaired) electrons. The molecule has 0 aliphatic rings. The fraction of sp³-hybridized carbons (Fsp3) is 0.160. The van der Waals surface area contributed by atoms with E-state index in [0.29, 0.717) is 22.6 Å². The second-order valence-electron chi connectivity index (χ2n) is 7.77. The molecule has 3 aromatic heterocycles. The van der Waals surface area contributed by atoms with E-state index in [1.165, 1.54) is 7.11 Å². The molecule has 9 nitrogen and oxygen atoms in total. The molecule has 0 bridgehead atoms. The number of aryl methyl sites for hydroxylation is 2. The van der Waals surface area contributed by atoms with Gasteiger partial charge in [-0.25, -0.2) is 14.8 Å². The molecule has 1 N–H and O–H groups in total. The first kappa shape index (κ1) is 22.5. The van der Waals surface area contributed by atoms with Crippen molar-refractivity contribution >= 4 is 29.2 Å². The van der Waals surface area contributed by atoms with Gasteiger partial charge in [-0.05, 0) is 61.4 Å². The highest BCUT2D eigenvalue weighted by Crippen LogP contribution is 2.27. The summed E-state index contributed by atoms with van der Waals surface area (Å²) in [4.78, 5) is 34.9. The zero-order valence-electron chi connectivity index (χ0n) is 19.2. The number of nitrogens with one attached hydrogen (secondary N) is 1. The first-order chi connectivity index (χ1) is 16.3. The average Bonchev–Trinajstić information content (AvgIpc) is 3.28. The Balaban J connectivity index is 1.69. The van der Waals surface area contributed by atoms with Gasteiger partial charge >= 0.3 is 6.09 Å². The summed E-state index contributed by atoms with van der Waals surface area (Å²) >= 11 is 0. The van der Waals surface area contributed by atoms with Gasteiger partial charge in [-0.3, -0.25) is 14.5 Å². The number of methoxy groups -OCH3 is 1. The Morgan fingerprint density at radius 2 is 1.88 bits per heavy atom. The van der Waals surface area contributed by atoms with Crippen LogP contribution in [0.5, 0.6) is 0 Å². The van der Waals surface area contributed by atoms with Crippen molar-refractivity contribution in [3.05, 3.63) is 77.2 Å². The summed E-state index contributed by atoms with van der Waals surface area (Å²) in [5.41, 5.74) is 5.71. The molecule has 0 spiro atoms. The van der Waals surface area contributed by atoms with Crippen LogP contribution in [-0.4, -0.2) is 40.5 Å². The van der Waals surface area contributed by atoms with Gasteiger partial charge in [0.25, 0.3) is 5.91 Å². The summed E-state index contributed by atoms with van der Waals surface area (Å²) in [6.45, 7) is 3.74. The number of pyridine rings is 2. The average molecular weight is 454 g/mol. The van der Waals surface area contributed by atoms with Crippen LogP contribution in [0.25, 0.3) is 16.9 Å². The first-order valence-corrected chi connectivity index (χ1v) is 10.4. The summed E-state index contributed by atoms with van der Waals surface area (Å²) in [7, 11) is 2.99. The van der Waals surface area contributed by atoms with Crippen molar-refractivity contribution in [3.8, 4) is 17.3 Å². The number of carbonyl (C=O) groups excluding carboxylic acids is 2. The molecule has 0 unspecified atom stereocenters. The lowest BCUT2D eigenvalue weighted by atomic mass is 10.1. The number of amides is 2. The molecule has 0 fully saturated rings. The van der Waals surface area contributed by atoms with Crippen molar-refractivity contribution in [3.63, 3.8) is 0 Å². The van der Waals surface area contributed by atoms with Crippen molar-refractivity contribution in [2.45, 2.75) is 13.8 Å². The number of benzene rings is 1. The number of ether oxygens (including phenoxy) is 1. The third-order valence-corrected chi connectivity index (χ3v) is 5.54. The molecule has 1 aromatic carbocycles. The number of nitriles is 1. The van der Waals surface area contributed by atoms with Crippen molar-refractivity contribution in [1.29, 1.82) is 5.26 Å². The van der Waals surface area contributed by atoms with Gasteiger partial charge in [0, 0.05) is 30.6 Å². The minimum atomic E-state index is -0.597. The van der Waals surface area contributed by atoms with Gasteiger partial charge in [0.05, 0.1) is 36.3 Å². The molecule has 9 heteroatoms. The minimum Gasteiger partial charge on any atom is -0.453 e. The number of anilines is 2. The van der Waals surface area contributed by atoms with Crippen LogP contribution in [-0.2, 0) is 4.74 Å². The number of rotatable bonds is 4. The van der Waals surface area contributed by atoms with Gasteiger partial charge in [0.15, 0.2) is 0 Å². The summed E-state index contributed by atoms with van der Waals surface area (Å²) < 4.78 is 6.49. The van der Waals surface area contributed by atoms with E-state index in [1.54, 1.807) is 48.6 Å². The minimum absolute atomic E-state index is 0.187. The van der Waals surface area contributed by atoms with Crippen LogP contribution < -0.4 is 10.2 Å². The van der Waals surface area contributed by atoms with Gasteiger partial charge in [-0.15, -0.1) is 0 Å². The molecule has 170 valence electrons.